The van der Waals surface area contributed by atoms with E-state index in [0.717, 1.165) is 25.9 Å². The Labute approximate surface area is 129 Å². The summed E-state index contributed by atoms with van der Waals surface area (Å²) in [4.78, 5) is 24.4. The number of nitrogens with zero attached hydrogens (tertiary/aromatic N) is 1. The van der Waals surface area contributed by atoms with Crippen LogP contribution in [-0.4, -0.2) is 30.1 Å². The highest BCUT2D eigenvalue weighted by molar-refractivity contribution is 5.93. The lowest BCUT2D eigenvalue weighted by atomic mass is 10.1. The third-order valence-corrected chi connectivity index (χ3v) is 3.84. The molecule has 2 rings (SSSR count). The molecule has 2 N–H and O–H groups in total. The molecular formula is C16H21FN2O3. The molecule has 1 aromatic rings. The maximum atomic E-state index is 14.2. The lowest BCUT2D eigenvalue weighted by Gasteiger charge is -2.29. The van der Waals surface area contributed by atoms with Gasteiger partial charge in [-0.1, -0.05) is 6.92 Å². The number of carbonyl (C=O) groups excluding carboxylic acids is 1. The van der Waals surface area contributed by atoms with Crippen LogP contribution in [0.4, 0.5) is 15.8 Å². The van der Waals surface area contributed by atoms with Crippen molar-refractivity contribution >= 4 is 23.3 Å². The summed E-state index contributed by atoms with van der Waals surface area (Å²) < 4.78 is 14.2. The fourth-order valence-corrected chi connectivity index (χ4v) is 2.55. The van der Waals surface area contributed by atoms with Crippen LogP contribution < -0.4 is 10.2 Å². The highest BCUT2D eigenvalue weighted by Crippen LogP contribution is 2.25. The Hall–Kier alpha value is -2.11. The van der Waals surface area contributed by atoms with E-state index in [-0.39, 0.29) is 12.2 Å². The van der Waals surface area contributed by atoms with E-state index in [2.05, 4.69) is 5.32 Å². The zero-order valence-electron chi connectivity index (χ0n) is 12.6. The predicted molar refractivity (Wildman–Crippen MR) is 82.5 cm³/mol. The van der Waals surface area contributed by atoms with Crippen LogP contribution in [0.25, 0.3) is 0 Å². The molecule has 0 saturated carbocycles. The summed E-state index contributed by atoms with van der Waals surface area (Å²) in [6.07, 6.45) is 3.16. The number of anilines is 2. The first-order valence-electron chi connectivity index (χ1n) is 7.54. The Kier molecular flexibility index (Phi) is 5.35. The minimum absolute atomic E-state index is 0.134. The largest absolute Gasteiger partial charge is 0.481 e. The van der Waals surface area contributed by atoms with Gasteiger partial charge in [-0.15, -0.1) is 0 Å². The quantitative estimate of drug-likeness (QED) is 0.877. The van der Waals surface area contributed by atoms with Crippen molar-refractivity contribution in [2.75, 3.05) is 23.3 Å². The predicted octanol–water partition coefficient (Wildman–Crippen LogP) is 2.87. The summed E-state index contributed by atoms with van der Waals surface area (Å²) in [7, 11) is 0. The minimum atomic E-state index is -1.03. The van der Waals surface area contributed by atoms with Crippen molar-refractivity contribution in [2.24, 2.45) is 5.92 Å². The smallest absolute Gasteiger partial charge is 0.306 e. The third-order valence-electron chi connectivity index (χ3n) is 3.84. The van der Waals surface area contributed by atoms with Gasteiger partial charge in [0.15, 0.2) is 0 Å². The number of carbonyl (C=O) groups is 2. The molecule has 0 aliphatic carbocycles. The van der Waals surface area contributed by atoms with Crippen LogP contribution in [0.3, 0.4) is 0 Å². The first-order chi connectivity index (χ1) is 10.5. The second-order valence-corrected chi connectivity index (χ2v) is 5.71. The fourth-order valence-electron chi connectivity index (χ4n) is 2.55. The molecule has 1 aromatic carbocycles. The number of hydrogen-bond donors (Lipinski definition) is 2. The van der Waals surface area contributed by atoms with Crippen LogP contribution in [0.15, 0.2) is 18.2 Å². The first-order valence-corrected chi connectivity index (χ1v) is 7.54. The van der Waals surface area contributed by atoms with Crippen molar-refractivity contribution in [3.8, 4) is 0 Å². The Morgan fingerprint density at radius 3 is 2.59 bits per heavy atom. The zero-order chi connectivity index (χ0) is 16.1. The van der Waals surface area contributed by atoms with Gasteiger partial charge in [0.25, 0.3) is 0 Å². The molecule has 1 unspecified atom stereocenters. The van der Waals surface area contributed by atoms with E-state index in [1.807, 2.05) is 4.90 Å². The molecule has 6 heteroatoms. The minimum Gasteiger partial charge on any atom is -0.481 e. The summed E-state index contributed by atoms with van der Waals surface area (Å²) in [5.74, 6) is -2.59. The number of amides is 1. The van der Waals surface area contributed by atoms with Gasteiger partial charge in [0.2, 0.25) is 5.91 Å². The van der Waals surface area contributed by atoms with Gasteiger partial charge >= 0.3 is 5.97 Å². The average molecular weight is 308 g/mol. The highest BCUT2D eigenvalue weighted by atomic mass is 19.1. The van der Waals surface area contributed by atoms with Crippen LogP contribution in [-0.2, 0) is 9.59 Å². The van der Waals surface area contributed by atoms with E-state index in [1.54, 1.807) is 12.1 Å². The van der Waals surface area contributed by atoms with Crippen LogP contribution in [0.2, 0.25) is 0 Å². The Morgan fingerprint density at radius 1 is 1.32 bits per heavy atom. The van der Waals surface area contributed by atoms with E-state index in [4.69, 9.17) is 5.11 Å². The fraction of sp³-hybridized carbons (Fsp3) is 0.500. The van der Waals surface area contributed by atoms with E-state index >= 15 is 0 Å². The van der Waals surface area contributed by atoms with Crippen molar-refractivity contribution < 1.29 is 19.1 Å². The Balaban J connectivity index is 1.99. The number of carboxylic acid groups (broad SMARTS) is 1. The molecular weight excluding hydrogens is 287 g/mol. The number of benzene rings is 1. The molecule has 5 nitrogen and oxygen atoms in total. The first kappa shape index (κ1) is 16.3. The number of carboxylic acids is 1. The zero-order valence-corrected chi connectivity index (χ0v) is 12.6. The number of aliphatic carboxylic acids is 1. The second-order valence-electron chi connectivity index (χ2n) is 5.71. The molecule has 1 amide bonds. The van der Waals surface area contributed by atoms with Crippen LogP contribution in [0.1, 0.15) is 32.6 Å². The van der Waals surface area contributed by atoms with Crippen molar-refractivity contribution in [2.45, 2.75) is 32.6 Å². The SMILES string of the molecule is CC(CC(=O)Nc1ccc(N2CCCCC2)c(F)c1)C(=O)O. The highest BCUT2D eigenvalue weighted by Gasteiger charge is 2.18. The van der Waals surface area contributed by atoms with E-state index in [9.17, 15) is 14.0 Å². The molecule has 1 fully saturated rings. The second kappa shape index (κ2) is 7.24. The maximum absolute atomic E-state index is 14.2. The summed E-state index contributed by atoms with van der Waals surface area (Å²) in [5.41, 5.74) is 0.900. The normalized spacial score (nSPS) is 16.2. The summed E-state index contributed by atoms with van der Waals surface area (Å²) in [5, 5.41) is 11.3. The number of hydrogen-bond acceptors (Lipinski definition) is 3. The molecule has 1 aliphatic rings. The summed E-state index contributed by atoms with van der Waals surface area (Å²) >= 11 is 0. The standard InChI is InChI=1S/C16H21FN2O3/c1-11(16(21)22)9-15(20)18-12-5-6-14(13(17)10-12)19-7-3-2-4-8-19/h5-6,10-11H,2-4,7-9H2,1H3,(H,18,20)(H,21,22). The molecule has 1 heterocycles. The van der Waals surface area contributed by atoms with Crippen LogP contribution in [0.5, 0.6) is 0 Å². The van der Waals surface area contributed by atoms with Gasteiger partial charge in [0.1, 0.15) is 5.82 Å². The van der Waals surface area contributed by atoms with Gasteiger partial charge in [-0.05, 0) is 37.5 Å². The number of nitrogens with one attached hydrogen (secondary N) is 1. The van der Waals surface area contributed by atoms with Gasteiger partial charge in [0.05, 0.1) is 11.6 Å². The number of rotatable bonds is 5. The van der Waals surface area contributed by atoms with Crippen molar-refractivity contribution in [3.05, 3.63) is 24.0 Å². The molecule has 1 aliphatic heterocycles. The van der Waals surface area contributed by atoms with Crippen molar-refractivity contribution in [1.29, 1.82) is 0 Å². The molecule has 0 aromatic heterocycles. The molecule has 1 atom stereocenters. The number of halogens is 1. The lowest BCUT2D eigenvalue weighted by Crippen LogP contribution is -2.30. The maximum Gasteiger partial charge on any atom is 0.306 e. The summed E-state index contributed by atoms with van der Waals surface area (Å²) in [6.45, 7) is 3.15. The van der Waals surface area contributed by atoms with Gasteiger partial charge < -0.3 is 15.3 Å². The molecule has 0 radical (unpaired) electrons. The monoisotopic (exact) mass is 308 g/mol. The van der Waals surface area contributed by atoms with Crippen molar-refractivity contribution in [1.82, 2.24) is 0 Å². The van der Waals surface area contributed by atoms with Crippen molar-refractivity contribution in [3.63, 3.8) is 0 Å². The van der Waals surface area contributed by atoms with Crippen LogP contribution in [0, 0.1) is 11.7 Å². The van der Waals surface area contributed by atoms with E-state index < -0.39 is 17.8 Å². The van der Waals surface area contributed by atoms with Crippen LogP contribution >= 0.6 is 0 Å². The third kappa shape index (κ3) is 4.19. The van der Waals surface area contributed by atoms with Gasteiger partial charge in [-0.3, -0.25) is 9.59 Å². The molecule has 120 valence electrons. The molecule has 1 saturated heterocycles. The molecule has 22 heavy (non-hydrogen) atoms. The average Bonchev–Trinajstić information content (AvgIpc) is 2.48. The van der Waals surface area contributed by atoms with Gasteiger partial charge in [0, 0.05) is 25.2 Å². The van der Waals surface area contributed by atoms with Gasteiger partial charge in [-0.2, -0.15) is 0 Å². The summed E-state index contributed by atoms with van der Waals surface area (Å²) in [6, 6.07) is 4.60. The molecule has 0 spiro atoms. The van der Waals surface area contributed by atoms with Gasteiger partial charge in [-0.25, -0.2) is 4.39 Å². The Morgan fingerprint density at radius 2 is 2.00 bits per heavy atom. The van der Waals surface area contributed by atoms with E-state index in [1.165, 1.54) is 19.4 Å². The molecule has 0 bridgehead atoms. The van der Waals surface area contributed by atoms with E-state index in [0.29, 0.717) is 11.4 Å². The topological polar surface area (TPSA) is 69.6 Å². The lowest BCUT2D eigenvalue weighted by molar-refractivity contribution is -0.142. The number of piperidine rings is 1. The Bertz CT molecular complexity index is 556.